The van der Waals surface area contributed by atoms with Crippen LogP contribution in [-0.2, 0) is 4.74 Å². The van der Waals surface area contributed by atoms with Crippen molar-refractivity contribution < 1.29 is 9.53 Å². The standard InChI is InChI=1S/C17H18N4O2/c1-12-9-15(20-21(12)14-5-3-2-4-6-14)17(22)19-16(10-18)13-7-8-23-11-13/h2-6,9,13,16H,7-8,11H2,1H3,(H,19,22)/t13-,16-/m0/s1. The minimum absolute atomic E-state index is 0.0428. The molecule has 0 bridgehead atoms. The van der Waals surface area contributed by atoms with E-state index in [4.69, 9.17) is 4.74 Å². The van der Waals surface area contributed by atoms with E-state index in [-0.39, 0.29) is 11.8 Å². The molecular formula is C17H18N4O2. The maximum absolute atomic E-state index is 12.4. The molecule has 1 aliphatic rings. The van der Waals surface area contributed by atoms with Gasteiger partial charge in [-0.1, -0.05) is 18.2 Å². The fourth-order valence-corrected chi connectivity index (χ4v) is 2.70. The normalized spacial score (nSPS) is 18.3. The minimum Gasteiger partial charge on any atom is -0.381 e. The van der Waals surface area contributed by atoms with Crippen LogP contribution in [0.3, 0.4) is 0 Å². The average molecular weight is 310 g/mol. The van der Waals surface area contributed by atoms with Crippen molar-refractivity contribution in [2.45, 2.75) is 19.4 Å². The topological polar surface area (TPSA) is 79.9 Å². The number of aryl methyl sites for hydroxylation is 1. The van der Waals surface area contributed by atoms with Crippen LogP contribution in [0.2, 0.25) is 0 Å². The molecule has 1 aliphatic heterocycles. The van der Waals surface area contributed by atoms with Crippen molar-refractivity contribution in [1.82, 2.24) is 15.1 Å². The number of carbonyl (C=O) groups is 1. The first-order valence-corrected chi connectivity index (χ1v) is 7.59. The summed E-state index contributed by atoms with van der Waals surface area (Å²) in [5.41, 5.74) is 2.06. The van der Waals surface area contributed by atoms with Crippen molar-refractivity contribution in [1.29, 1.82) is 5.26 Å². The number of para-hydroxylation sites is 1. The summed E-state index contributed by atoms with van der Waals surface area (Å²) in [6.45, 7) is 3.04. The summed E-state index contributed by atoms with van der Waals surface area (Å²) in [7, 11) is 0. The van der Waals surface area contributed by atoms with Crippen LogP contribution < -0.4 is 5.32 Å². The Hall–Kier alpha value is -2.65. The number of benzene rings is 1. The molecule has 2 heterocycles. The average Bonchev–Trinajstić information content (AvgIpc) is 3.23. The SMILES string of the molecule is Cc1cc(C(=O)N[C@@H](C#N)[C@H]2CCOC2)nn1-c1ccccc1. The zero-order valence-electron chi connectivity index (χ0n) is 12.9. The molecule has 0 radical (unpaired) electrons. The van der Waals surface area contributed by atoms with Gasteiger partial charge in [-0.3, -0.25) is 4.79 Å². The molecule has 1 aromatic heterocycles. The number of ether oxygens (including phenoxy) is 1. The summed E-state index contributed by atoms with van der Waals surface area (Å²) in [5, 5.41) is 16.4. The molecule has 23 heavy (non-hydrogen) atoms. The quantitative estimate of drug-likeness (QED) is 0.934. The zero-order chi connectivity index (χ0) is 16.2. The van der Waals surface area contributed by atoms with Gasteiger partial charge in [0.25, 0.3) is 5.91 Å². The number of nitriles is 1. The lowest BCUT2D eigenvalue weighted by atomic mass is 10.0. The van der Waals surface area contributed by atoms with Gasteiger partial charge >= 0.3 is 0 Å². The Morgan fingerprint density at radius 2 is 2.26 bits per heavy atom. The summed E-state index contributed by atoms with van der Waals surface area (Å²) in [6, 6.07) is 12.9. The Kier molecular flexibility index (Phi) is 4.40. The van der Waals surface area contributed by atoms with Crippen molar-refractivity contribution >= 4 is 5.91 Å². The number of hydrogen-bond donors (Lipinski definition) is 1. The number of aromatic nitrogens is 2. The van der Waals surface area contributed by atoms with Gasteiger partial charge in [0.05, 0.1) is 18.4 Å². The van der Waals surface area contributed by atoms with Gasteiger partial charge in [-0.25, -0.2) is 4.68 Å². The van der Waals surface area contributed by atoms with E-state index in [0.717, 1.165) is 17.8 Å². The van der Waals surface area contributed by atoms with E-state index in [2.05, 4.69) is 16.5 Å². The highest BCUT2D eigenvalue weighted by molar-refractivity contribution is 5.92. The smallest absolute Gasteiger partial charge is 0.272 e. The van der Waals surface area contributed by atoms with Crippen molar-refractivity contribution in [2.24, 2.45) is 5.92 Å². The van der Waals surface area contributed by atoms with Gasteiger partial charge in [-0.05, 0) is 31.5 Å². The number of nitrogens with zero attached hydrogens (tertiary/aromatic N) is 3. The fraction of sp³-hybridized carbons (Fsp3) is 0.353. The van der Waals surface area contributed by atoms with Crippen LogP contribution in [-0.4, -0.2) is 34.9 Å². The van der Waals surface area contributed by atoms with E-state index in [0.29, 0.717) is 18.9 Å². The molecule has 1 fully saturated rings. The number of carbonyl (C=O) groups excluding carboxylic acids is 1. The van der Waals surface area contributed by atoms with Crippen LogP contribution in [0.15, 0.2) is 36.4 Å². The van der Waals surface area contributed by atoms with Gasteiger partial charge in [0.1, 0.15) is 6.04 Å². The molecule has 3 rings (SSSR count). The van der Waals surface area contributed by atoms with Crippen LogP contribution in [0.4, 0.5) is 0 Å². The van der Waals surface area contributed by atoms with E-state index in [9.17, 15) is 10.1 Å². The predicted molar refractivity (Wildman–Crippen MR) is 84.1 cm³/mol. The maximum atomic E-state index is 12.4. The van der Waals surface area contributed by atoms with Crippen molar-refractivity contribution in [3.8, 4) is 11.8 Å². The highest BCUT2D eigenvalue weighted by Gasteiger charge is 2.28. The number of amides is 1. The second-order valence-corrected chi connectivity index (χ2v) is 5.62. The summed E-state index contributed by atoms with van der Waals surface area (Å²) in [5.74, 6) is -0.289. The predicted octanol–water partition coefficient (Wildman–Crippen LogP) is 1.84. The third kappa shape index (κ3) is 3.25. The number of rotatable bonds is 4. The molecule has 6 heteroatoms. The maximum Gasteiger partial charge on any atom is 0.272 e. The van der Waals surface area contributed by atoms with Gasteiger partial charge in [-0.2, -0.15) is 10.4 Å². The van der Waals surface area contributed by atoms with Crippen LogP contribution >= 0.6 is 0 Å². The van der Waals surface area contributed by atoms with Crippen LogP contribution in [0.1, 0.15) is 22.6 Å². The van der Waals surface area contributed by atoms with E-state index in [1.807, 2.05) is 37.3 Å². The second kappa shape index (κ2) is 6.63. The molecule has 0 aliphatic carbocycles. The number of hydrogen-bond acceptors (Lipinski definition) is 4. The number of nitrogens with one attached hydrogen (secondary N) is 1. The zero-order valence-corrected chi connectivity index (χ0v) is 12.9. The van der Waals surface area contributed by atoms with Crippen molar-refractivity contribution in [2.75, 3.05) is 13.2 Å². The summed E-state index contributed by atoms with van der Waals surface area (Å²) < 4.78 is 7.00. The molecule has 1 saturated heterocycles. The molecule has 2 atom stereocenters. The van der Waals surface area contributed by atoms with Crippen LogP contribution in [0.25, 0.3) is 5.69 Å². The molecule has 6 nitrogen and oxygen atoms in total. The molecule has 0 unspecified atom stereocenters. The molecule has 1 aromatic carbocycles. The highest BCUT2D eigenvalue weighted by Crippen LogP contribution is 2.17. The van der Waals surface area contributed by atoms with Gasteiger partial charge in [0.15, 0.2) is 5.69 Å². The summed E-state index contributed by atoms with van der Waals surface area (Å²) in [4.78, 5) is 12.4. The van der Waals surface area contributed by atoms with Gasteiger partial charge in [0.2, 0.25) is 0 Å². The molecule has 2 aromatic rings. The van der Waals surface area contributed by atoms with Gasteiger partial charge in [-0.15, -0.1) is 0 Å². The fourth-order valence-electron chi connectivity index (χ4n) is 2.70. The lowest BCUT2D eigenvalue weighted by Gasteiger charge is -2.15. The molecule has 1 amide bonds. The monoisotopic (exact) mass is 310 g/mol. The minimum atomic E-state index is -0.549. The van der Waals surface area contributed by atoms with E-state index in [1.54, 1.807) is 10.7 Å². The third-order valence-electron chi connectivity index (χ3n) is 3.98. The van der Waals surface area contributed by atoms with E-state index >= 15 is 0 Å². The molecule has 0 saturated carbocycles. The van der Waals surface area contributed by atoms with Gasteiger partial charge in [0, 0.05) is 18.2 Å². The first kappa shape index (κ1) is 15.3. The van der Waals surface area contributed by atoms with Crippen molar-refractivity contribution in [3.05, 3.63) is 47.8 Å². The van der Waals surface area contributed by atoms with E-state index < -0.39 is 6.04 Å². The Bertz CT molecular complexity index is 727. The third-order valence-corrected chi connectivity index (χ3v) is 3.98. The van der Waals surface area contributed by atoms with Crippen LogP contribution in [0, 0.1) is 24.2 Å². The second-order valence-electron chi connectivity index (χ2n) is 5.62. The van der Waals surface area contributed by atoms with Crippen molar-refractivity contribution in [3.63, 3.8) is 0 Å². The van der Waals surface area contributed by atoms with Crippen LogP contribution in [0.5, 0.6) is 0 Å². The molecule has 0 spiro atoms. The lowest BCUT2D eigenvalue weighted by molar-refractivity contribution is 0.0925. The van der Waals surface area contributed by atoms with Gasteiger partial charge < -0.3 is 10.1 Å². The summed E-state index contributed by atoms with van der Waals surface area (Å²) >= 11 is 0. The van der Waals surface area contributed by atoms with E-state index in [1.165, 1.54) is 0 Å². The molecule has 118 valence electrons. The molecule has 1 N–H and O–H groups in total. The largest absolute Gasteiger partial charge is 0.381 e. The molecular weight excluding hydrogens is 292 g/mol. The first-order chi connectivity index (χ1) is 11.2. The summed E-state index contributed by atoms with van der Waals surface area (Å²) in [6.07, 6.45) is 0.788. The Labute approximate surface area is 134 Å². The first-order valence-electron chi connectivity index (χ1n) is 7.59. The lowest BCUT2D eigenvalue weighted by Crippen LogP contribution is -2.39. The highest BCUT2D eigenvalue weighted by atomic mass is 16.5. The Balaban J connectivity index is 1.77. The Morgan fingerprint density at radius 1 is 1.48 bits per heavy atom. The Morgan fingerprint density at radius 3 is 2.91 bits per heavy atom.